The minimum Gasteiger partial charge on any atom is -0.492 e. The van der Waals surface area contributed by atoms with Crippen LogP contribution in [0.4, 0.5) is 4.39 Å². The van der Waals surface area contributed by atoms with E-state index >= 15 is 0 Å². The molecule has 130 valence electrons. The number of nitrogens with zero attached hydrogens (tertiary/aromatic N) is 1. The number of carbonyl (C=O) groups is 1. The zero-order valence-corrected chi connectivity index (χ0v) is 14.0. The monoisotopic (exact) mass is 340 g/mol. The highest BCUT2D eigenvalue weighted by molar-refractivity contribution is 5.94. The molecule has 2 aliphatic rings. The average Bonchev–Trinajstić information content (AvgIpc) is 3.00. The van der Waals surface area contributed by atoms with Crippen molar-refractivity contribution in [3.8, 4) is 5.75 Å². The normalized spacial score (nSPS) is 18.1. The van der Waals surface area contributed by atoms with Crippen LogP contribution in [-0.2, 0) is 12.0 Å². The lowest BCUT2D eigenvalue weighted by atomic mass is 9.74. The van der Waals surface area contributed by atoms with E-state index in [0.717, 1.165) is 24.2 Å². The summed E-state index contributed by atoms with van der Waals surface area (Å²) in [7, 11) is 0. The van der Waals surface area contributed by atoms with Gasteiger partial charge in [-0.1, -0.05) is 12.1 Å². The third-order valence-electron chi connectivity index (χ3n) is 5.45. The minimum atomic E-state index is -0.329. The molecule has 0 unspecified atom stereocenters. The van der Waals surface area contributed by atoms with Crippen LogP contribution in [0.2, 0.25) is 0 Å². The molecule has 0 saturated carbocycles. The fourth-order valence-corrected chi connectivity index (χ4v) is 3.86. The molecular weight excluding hydrogens is 319 g/mol. The molecule has 2 aliphatic heterocycles. The molecule has 2 heterocycles. The molecule has 25 heavy (non-hydrogen) atoms. The molecule has 1 fully saturated rings. The predicted octanol–water partition coefficient (Wildman–Crippen LogP) is 2.85. The maximum atomic E-state index is 13.0. The molecular formula is C20H21FN2O2. The van der Waals surface area contributed by atoms with E-state index < -0.39 is 0 Å². The lowest BCUT2D eigenvalue weighted by Gasteiger charge is -2.38. The molecule has 0 radical (unpaired) electrons. The van der Waals surface area contributed by atoms with Gasteiger partial charge in [-0.2, -0.15) is 0 Å². The van der Waals surface area contributed by atoms with Crippen LogP contribution in [0.5, 0.6) is 5.75 Å². The second-order valence-electron chi connectivity index (χ2n) is 6.90. The Morgan fingerprint density at radius 1 is 1.16 bits per heavy atom. The molecule has 0 atom stereocenters. The summed E-state index contributed by atoms with van der Waals surface area (Å²) in [6.45, 7) is 2.52. The second-order valence-corrected chi connectivity index (χ2v) is 6.90. The number of halogens is 1. The van der Waals surface area contributed by atoms with Gasteiger partial charge >= 0.3 is 0 Å². The summed E-state index contributed by atoms with van der Waals surface area (Å²) in [5, 5.41) is 0. The van der Waals surface area contributed by atoms with E-state index in [1.54, 1.807) is 12.1 Å². The van der Waals surface area contributed by atoms with E-state index in [-0.39, 0.29) is 17.1 Å². The smallest absolute Gasteiger partial charge is 0.253 e. The van der Waals surface area contributed by atoms with Crippen molar-refractivity contribution in [1.82, 2.24) is 4.90 Å². The quantitative estimate of drug-likeness (QED) is 0.915. The zero-order valence-electron chi connectivity index (χ0n) is 14.0. The molecule has 0 aliphatic carbocycles. The first-order chi connectivity index (χ1) is 12.1. The number of hydrogen-bond donors (Lipinski definition) is 1. The Balaban J connectivity index is 1.51. The Labute approximate surface area is 146 Å². The molecule has 1 saturated heterocycles. The van der Waals surface area contributed by atoms with Crippen molar-refractivity contribution in [2.75, 3.05) is 19.7 Å². The summed E-state index contributed by atoms with van der Waals surface area (Å²) in [6, 6.07) is 11.9. The molecule has 0 aromatic heterocycles. The molecule has 1 spiro atoms. The van der Waals surface area contributed by atoms with Crippen molar-refractivity contribution in [2.24, 2.45) is 5.73 Å². The van der Waals surface area contributed by atoms with Gasteiger partial charge in [0, 0.05) is 36.2 Å². The number of rotatable bonds is 2. The summed E-state index contributed by atoms with van der Waals surface area (Å²) in [4.78, 5) is 14.5. The molecule has 2 N–H and O–H groups in total. The lowest BCUT2D eigenvalue weighted by Crippen LogP contribution is -2.46. The van der Waals surface area contributed by atoms with Crippen LogP contribution in [0.25, 0.3) is 0 Å². The molecule has 2 aromatic rings. The van der Waals surface area contributed by atoms with Gasteiger partial charge in [0.15, 0.2) is 0 Å². The first-order valence-corrected chi connectivity index (χ1v) is 8.62. The average molecular weight is 340 g/mol. The Bertz CT molecular complexity index is 796. The summed E-state index contributed by atoms with van der Waals surface area (Å²) in [5.41, 5.74) is 8.62. The SMILES string of the molecule is NCc1ccc2c(c1)C1(CCN(C(=O)c3ccc(F)cc3)CC1)CO2. The van der Waals surface area contributed by atoms with Gasteiger partial charge in [0.25, 0.3) is 5.91 Å². The van der Waals surface area contributed by atoms with Crippen molar-refractivity contribution in [1.29, 1.82) is 0 Å². The number of fused-ring (bicyclic) bond motifs is 2. The Hall–Kier alpha value is -2.40. The van der Waals surface area contributed by atoms with Gasteiger partial charge in [0.2, 0.25) is 0 Å². The van der Waals surface area contributed by atoms with Crippen molar-refractivity contribution in [3.63, 3.8) is 0 Å². The molecule has 1 amide bonds. The van der Waals surface area contributed by atoms with E-state index in [2.05, 4.69) is 6.07 Å². The molecule has 5 heteroatoms. The van der Waals surface area contributed by atoms with Gasteiger partial charge in [0.1, 0.15) is 11.6 Å². The lowest BCUT2D eigenvalue weighted by molar-refractivity contribution is 0.0646. The number of amides is 1. The van der Waals surface area contributed by atoms with Gasteiger partial charge < -0.3 is 15.4 Å². The van der Waals surface area contributed by atoms with E-state index in [4.69, 9.17) is 10.5 Å². The highest BCUT2D eigenvalue weighted by atomic mass is 19.1. The van der Waals surface area contributed by atoms with Crippen molar-refractivity contribution >= 4 is 5.91 Å². The summed E-state index contributed by atoms with van der Waals surface area (Å²) in [5.74, 6) is 0.574. The standard InChI is InChI=1S/C20H21FN2O2/c21-16-4-2-15(3-5-16)19(24)23-9-7-20(8-10-23)13-25-18-6-1-14(12-22)11-17(18)20/h1-6,11H,7-10,12-13,22H2. The van der Waals surface area contributed by atoms with Gasteiger partial charge in [-0.3, -0.25) is 4.79 Å². The summed E-state index contributed by atoms with van der Waals surface area (Å²) < 4.78 is 18.9. The zero-order chi connectivity index (χ0) is 17.4. The van der Waals surface area contributed by atoms with Crippen molar-refractivity contribution in [2.45, 2.75) is 24.8 Å². The van der Waals surface area contributed by atoms with E-state index in [1.165, 1.54) is 17.7 Å². The van der Waals surface area contributed by atoms with Crippen LogP contribution in [0.3, 0.4) is 0 Å². The topological polar surface area (TPSA) is 55.6 Å². The summed E-state index contributed by atoms with van der Waals surface area (Å²) in [6.07, 6.45) is 1.72. The fraction of sp³-hybridized carbons (Fsp3) is 0.350. The number of hydrogen-bond acceptors (Lipinski definition) is 3. The number of benzene rings is 2. The number of piperidine rings is 1. The van der Waals surface area contributed by atoms with Crippen LogP contribution in [0.1, 0.15) is 34.3 Å². The predicted molar refractivity (Wildman–Crippen MR) is 93.0 cm³/mol. The maximum absolute atomic E-state index is 13.0. The van der Waals surface area contributed by atoms with Gasteiger partial charge in [-0.05, 0) is 48.7 Å². The van der Waals surface area contributed by atoms with Gasteiger partial charge in [-0.25, -0.2) is 4.39 Å². The first-order valence-electron chi connectivity index (χ1n) is 8.62. The van der Waals surface area contributed by atoms with Crippen LogP contribution < -0.4 is 10.5 Å². The van der Waals surface area contributed by atoms with E-state index in [9.17, 15) is 9.18 Å². The van der Waals surface area contributed by atoms with Crippen molar-refractivity contribution < 1.29 is 13.9 Å². The van der Waals surface area contributed by atoms with Crippen LogP contribution in [0, 0.1) is 5.82 Å². The maximum Gasteiger partial charge on any atom is 0.253 e. The van der Waals surface area contributed by atoms with Gasteiger partial charge in [-0.15, -0.1) is 0 Å². The Morgan fingerprint density at radius 3 is 2.56 bits per heavy atom. The first kappa shape index (κ1) is 16.1. The second kappa shape index (κ2) is 6.15. The van der Waals surface area contributed by atoms with Crippen LogP contribution in [-0.4, -0.2) is 30.5 Å². The third kappa shape index (κ3) is 2.78. The molecule has 4 rings (SSSR count). The number of nitrogens with two attached hydrogens (primary N) is 1. The highest BCUT2D eigenvalue weighted by Crippen LogP contribution is 2.45. The fourth-order valence-electron chi connectivity index (χ4n) is 3.86. The van der Waals surface area contributed by atoms with Gasteiger partial charge in [0.05, 0.1) is 6.61 Å². The highest BCUT2D eigenvalue weighted by Gasteiger charge is 2.43. The van der Waals surface area contributed by atoms with E-state index in [0.29, 0.717) is 31.8 Å². The van der Waals surface area contributed by atoms with Crippen LogP contribution >= 0.6 is 0 Å². The van der Waals surface area contributed by atoms with Crippen molar-refractivity contribution in [3.05, 3.63) is 65.0 Å². The largest absolute Gasteiger partial charge is 0.492 e. The Morgan fingerprint density at radius 2 is 1.88 bits per heavy atom. The summed E-state index contributed by atoms with van der Waals surface area (Å²) >= 11 is 0. The molecule has 0 bridgehead atoms. The third-order valence-corrected chi connectivity index (χ3v) is 5.45. The van der Waals surface area contributed by atoms with E-state index in [1.807, 2.05) is 17.0 Å². The molecule has 4 nitrogen and oxygen atoms in total. The number of carbonyl (C=O) groups excluding carboxylic acids is 1. The van der Waals surface area contributed by atoms with Crippen LogP contribution in [0.15, 0.2) is 42.5 Å². The number of likely N-dealkylation sites (tertiary alicyclic amines) is 1. The Kier molecular flexibility index (Phi) is 3.96. The number of ether oxygens (including phenoxy) is 1. The minimum absolute atomic E-state index is 0.0277. The molecule has 2 aromatic carbocycles.